The van der Waals surface area contributed by atoms with Crippen molar-refractivity contribution in [2.75, 3.05) is 19.7 Å². The van der Waals surface area contributed by atoms with E-state index in [2.05, 4.69) is 31.9 Å². The van der Waals surface area contributed by atoms with Crippen molar-refractivity contribution in [1.29, 1.82) is 0 Å². The van der Waals surface area contributed by atoms with E-state index in [4.69, 9.17) is 66.3 Å². The molecule has 98 heavy (non-hydrogen) atoms. The van der Waals surface area contributed by atoms with Gasteiger partial charge in [0, 0.05) is 39.3 Å². The van der Waals surface area contributed by atoms with Crippen molar-refractivity contribution in [3.63, 3.8) is 0 Å². The van der Waals surface area contributed by atoms with Crippen LogP contribution in [0.25, 0.3) is 0 Å². The van der Waals surface area contributed by atoms with Gasteiger partial charge in [0.05, 0.1) is 42.0 Å². The molecule has 5 aliphatic rings. The molecule has 3 heterocycles. The van der Waals surface area contributed by atoms with Crippen LogP contribution in [0, 0.1) is 0 Å². The summed E-state index contributed by atoms with van der Waals surface area (Å²) in [5, 5.41) is 16.9. The summed E-state index contributed by atoms with van der Waals surface area (Å²) in [6.45, 7) is 25.4. The lowest BCUT2D eigenvalue weighted by molar-refractivity contribution is -0.388. The summed E-state index contributed by atoms with van der Waals surface area (Å²) in [5.41, 5.74) is -4.80. The summed E-state index contributed by atoms with van der Waals surface area (Å²) in [6, 6.07) is 10.3. The van der Waals surface area contributed by atoms with Crippen molar-refractivity contribution in [3.05, 3.63) is 71.8 Å². The molecule has 0 aromatic heterocycles. The molecule has 14 atom stereocenters. The number of alkyl carbamates (subject to hydrolysis) is 5. The van der Waals surface area contributed by atoms with Crippen LogP contribution < -0.4 is 31.9 Å². The first-order valence-corrected chi connectivity index (χ1v) is 33.6. The molecule has 3 saturated heterocycles. The summed E-state index contributed by atoms with van der Waals surface area (Å²) in [5.74, 6) is -4.94. The van der Waals surface area contributed by atoms with E-state index in [1.165, 1.54) is 24.3 Å². The fourth-order valence-electron chi connectivity index (χ4n) is 11.7. The normalized spacial score (nSPS) is 26.8. The van der Waals surface area contributed by atoms with Crippen molar-refractivity contribution < 1.29 is 109 Å². The molecule has 3 aliphatic heterocycles. The average molecular weight is 1380 g/mol. The minimum Gasteiger partial charge on any atom is -0.457 e. The predicted molar refractivity (Wildman–Crippen MR) is 349 cm³/mol. The second kappa shape index (κ2) is 33.1. The SMILES string of the molecule is CC(=O)OC1C(O[C@H]2OC(CNC(=O)OC(C)(C)C)CCC2NC(=O)OC(C)(C)C)[C@H](NC(=O)OC(C)(C)C)C[C@@H](NC(=O)[C@H](CCNC(=O)OC(C)(C)C)OC(=O)c2ccccc2)[C@@H]1O[C@H]1OC2COC3(CCCCC3)O[C@H]2[C@H](NC(=O)OC(C)(C)C)C1OC(=O)c1ccccc1. The van der Waals surface area contributed by atoms with Gasteiger partial charge in [-0.2, -0.15) is 0 Å². The largest absolute Gasteiger partial charge is 0.457 e. The number of ether oxygens (including phenoxy) is 14. The number of carbonyl (C=O) groups is 9. The highest BCUT2D eigenvalue weighted by Crippen LogP contribution is 2.43. The highest BCUT2D eigenvalue weighted by molar-refractivity contribution is 5.92. The summed E-state index contributed by atoms with van der Waals surface area (Å²) >= 11 is 0. The standard InChI is InChI=1S/C69H102N6O23/c1-39(76)86-53-49(92-58-52(90-56(79)41-28-22-18-23-29-41)48(75-63(84)98-68(14,15)16)51-47(89-58)38-85-69(93-51)33-24-19-25-34-69)44(72-54(77)46(32-35-70-59(80)94-64(2,3)4)88-55(78)40-26-20-17-21-27-40)36-45(74-62(83)97-67(11,12)13)50(53)91-57-43(73-61(82)96-66(8,9)10)31-30-42(87-57)37-71-60(81)95-65(5,6)7/h17-18,20-23,26-29,42-53,57-58H,19,24-25,30-38H2,1-16H3,(H,70,80)(H,71,81)(H,72,77)(H,73,82)(H,74,83)(H,75,84)/t42?,43?,44-,45-,46+,47?,48+,49+,50?,51-,52?,53?,57-,58-/m1/s1. The van der Waals surface area contributed by atoms with Crippen molar-refractivity contribution in [2.45, 2.75) is 288 Å². The number of fused-ring (bicyclic) bond motifs is 1. The van der Waals surface area contributed by atoms with Crippen molar-refractivity contribution in [2.24, 2.45) is 0 Å². The van der Waals surface area contributed by atoms with Crippen LogP contribution in [0.5, 0.6) is 0 Å². The van der Waals surface area contributed by atoms with Gasteiger partial charge in [0.25, 0.3) is 5.91 Å². The van der Waals surface area contributed by atoms with Crippen LogP contribution in [-0.4, -0.2) is 193 Å². The second-order valence-corrected chi connectivity index (χ2v) is 30.0. The van der Waals surface area contributed by atoms with Crippen LogP contribution in [-0.2, 0) is 75.9 Å². The number of hydrogen-bond donors (Lipinski definition) is 6. The molecule has 2 aromatic carbocycles. The Morgan fingerprint density at radius 3 is 1.55 bits per heavy atom. The summed E-state index contributed by atoms with van der Waals surface area (Å²) in [4.78, 5) is 127. The Balaban J connectivity index is 1.41. The van der Waals surface area contributed by atoms with E-state index in [9.17, 15) is 38.4 Å². The van der Waals surface area contributed by atoms with Gasteiger partial charge in [-0.25, -0.2) is 33.6 Å². The quantitative estimate of drug-likeness (QED) is 0.0567. The third-order valence-electron chi connectivity index (χ3n) is 15.6. The molecule has 0 bridgehead atoms. The van der Waals surface area contributed by atoms with Crippen LogP contribution in [0.4, 0.5) is 24.0 Å². The lowest BCUT2D eigenvalue weighted by Gasteiger charge is -2.54. The van der Waals surface area contributed by atoms with Crippen molar-refractivity contribution in [3.8, 4) is 0 Å². The lowest BCUT2D eigenvalue weighted by atomic mass is 9.82. The third kappa shape index (κ3) is 24.4. The van der Waals surface area contributed by atoms with Gasteiger partial charge in [-0.15, -0.1) is 0 Å². The maximum atomic E-state index is 15.5. The molecule has 6 N–H and O–H groups in total. The molecule has 6 amide bonds. The van der Waals surface area contributed by atoms with Gasteiger partial charge in [0.1, 0.15) is 58.5 Å². The van der Waals surface area contributed by atoms with E-state index in [0.717, 1.165) is 26.2 Å². The van der Waals surface area contributed by atoms with Crippen LogP contribution in [0.15, 0.2) is 60.7 Å². The highest BCUT2D eigenvalue weighted by Gasteiger charge is 2.60. The van der Waals surface area contributed by atoms with Crippen LogP contribution >= 0.6 is 0 Å². The first-order valence-electron chi connectivity index (χ1n) is 33.6. The first-order chi connectivity index (χ1) is 45.7. The highest BCUT2D eigenvalue weighted by atomic mass is 16.8. The third-order valence-corrected chi connectivity index (χ3v) is 15.6. The maximum Gasteiger partial charge on any atom is 0.408 e. The van der Waals surface area contributed by atoms with Gasteiger partial charge in [-0.1, -0.05) is 42.8 Å². The van der Waals surface area contributed by atoms with E-state index in [0.29, 0.717) is 12.8 Å². The van der Waals surface area contributed by atoms with E-state index < -0.39 is 180 Å². The number of nitrogens with one attached hydrogen (secondary N) is 6. The van der Waals surface area contributed by atoms with Gasteiger partial charge in [0.2, 0.25) is 0 Å². The molecule has 2 aliphatic carbocycles. The fraction of sp³-hybridized carbons (Fsp3) is 0.696. The zero-order chi connectivity index (χ0) is 72.1. The predicted octanol–water partition coefficient (Wildman–Crippen LogP) is 8.45. The molecule has 2 aromatic rings. The molecule has 546 valence electrons. The Labute approximate surface area is 573 Å². The molecule has 1 spiro atoms. The Morgan fingerprint density at radius 1 is 0.520 bits per heavy atom. The van der Waals surface area contributed by atoms with Gasteiger partial charge in [-0.3, -0.25) is 9.59 Å². The lowest BCUT2D eigenvalue weighted by Crippen LogP contribution is -2.73. The molecule has 2 saturated carbocycles. The fourth-order valence-corrected chi connectivity index (χ4v) is 11.7. The number of hydrogen-bond acceptors (Lipinski definition) is 23. The molecule has 0 radical (unpaired) electrons. The Morgan fingerprint density at radius 2 is 1.01 bits per heavy atom. The number of esters is 3. The maximum absolute atomic E-state index is 15.5. The van der Waals surface area contributed by atoms with E-state index in [1.807, 2.05) is 0 Å². The summed E-state index contributed by atoms with van der Waals surface area (Å²) in [7, 11) is 0. The van der Waals surface area contributed by atoms with Crippen molar-refractivity contribution in [1.82, 2.24) is 31.9 Å². The number of carbonyl (C=O) groups excluding carboxylic acids is 9. The first kappa shape index (κ1) is 77.8. The van der Waals surface area contributed by atoms with Crippen LogP contribution in [0.1, 0.15) is 189 Å². The van der Waals surface area contributed by atoms with E-state index in [1.54, 1.807) is 140 Å². The smallest absolute Gasteiger partial charge is 0.408 e. The van der Waals surface area contributed by atoms with E-state index in [-0.39, 0.29) is 50.1 Å². The number of rotatable bonds is 19. The molecular weight excluding hydrogens is 1280 g/mol. The van der Waals surface area contributed by atoms with Crippen molar-refractivity contribution >= 4 is 54.3 Å². The topological polar surface area (TPSA) is 355 Å². The molecule has 29 heteroatoms. The van der Waals surface area contributed by atoms with Gasteiger partial charge >= 0.3 is 48.4 Å². The summed E-state index contributed by atoms with van der Waals surface area (Å²) in [6.07, 6.45) is -16.8. The second-order valence-electron chi connectivity index (χ2n) is 30.0. The van der Waals surface area contributed by atoms with Crippen LogP contribution in [0.3, 0.4) is 0 Å². The minimum atomic E-state index is -1.87. The number of amides is 6. The van der Waals surface area contributed by atoms with Crippen LogP contribution in [0.2, 0.25) is 0 Å². The average Bonchev–Trinajstić information content (AvgIpc) is 0.751. The Bertz CT molecular complexity index is 3040. The zero-order valence-corrected chi connectivity index (χ0v) is 59.2. The van der Waals surface area contributed by atoms with Gasteiger partial charge in [-0.05, 0) is 160 Å². The molecule has 6 unspecified atom stereocenters. The van der Waals surface area contributed by atoms with Gasteiger partial charge < -0.3 is 98.2 Å². The summed E-state index contributed by atoms with van der Waals surface area (Å²) < 4.78 is 88.5. The Kier molecular flexibility index (Phi) is 26.2. The van der Waals surface area contributed by atoms with Gasteiger partial charge in [0.15, 0.2) is 36.7 Å². The molecular formula is C69H102N6O23. The molecule has 7 rings (SSSR count). The molecule has 29 nitrogen and oxygen atoms in total. The van der Waals surface area contributed by atoms with E-state index >= 15 is 4.79 Å². The Hall–Kier alpha value is -7.57. The molecule has 5 fully saturated rings. The number of benzene rings is 2. The zero-order valence-electron chi connectivity index (χ0n) is 59.2. The monoisotopic (exact) mass is 1380 g/mol. The minimum absolute atomic E-state index is 0.0662.